The summed E-state index contributed by atoms with van der Waals surface area (Å²) in [5, 5.41) is 68.5. The monoisotopic (exact) mass is 1920 g/mol. The number of carboxylic acids is 1. The van der Waals surface area contributed by atoms with E-state index in [1.54, 1.807) is 87.4 Å². The molecule has 137 heavy (non-hydrogen) atoms. The average Bonchev–Trinajstić information content (AvgIpc) is 1.66. The van der Waals surface area contributed by atoms with Gasteiger partial charge >= 0.3 is 5.97 Å². The lowest BCUT2D eigenvalue weighted by molar-refractivity contribution is -0.146. The number of ether oxygens (including phenoxy) is 2. The molecule has 0 unspecified atom stereocenters. The predicted molar refractivity (Wildman–Crippen MR) is 518 cm³/mol. The molecule has 4 saturated heterocycles. The van der Waals surface area contributed by atoms with Crippen molar-refractivity contribution in [3.05, 3.63) is 189 Å². The van der Waals surface area contributed by atoms with Gasteiger partial charge in [-0.2, -0.15) is 0 Å². The minimum atomic E-state index is -1.22. The Morgan fingerprint density at radius 3 is 1.31 bits per heavy atom. The number of amides is 6. The van der Waals surface area contributed by atoms with Gasteiger partial charge in [-0.05, 0) is 108 Å². The number of aryl methyl sites for hydroxylation is 2. The van der Waals surface area contributed by atoms with Crippen LogP contribution in [0, 0.1) is 24.7 Å². The second-order valence-electron chi connectivity index (χ2n) is 38.2. The van der Waals surface area contributed by atoms with Gasteiger partial charge in [0.1, 0.15) is 86.3 Å². The van der Waals surface area contributed by atoms with Crippen molar-refractivity contribution in [1.82, 2.24) is 80.6 Å². The van der Waals surface area contributed by atoms with E-state index in [0.717, 1.165) is 115 Å². The molecule has 4 aromatic heterocycles. The van der Waals surface area contributed by atoms with Crippen LogP contribution in [0.25, 0.3) is 20.9 Å². The van der Waals surface area contributed by atoms with Gasteiger partial charge in [-0.25, -0.2) is 34.7 Å². The van der Waals surface area contributed by atoms with Gasteiger partial charge in [0.15, 0.2) is 17.3 Å². The normalized spacial score (nSPS) is 18.4. The Morgan fingerprint density at radius 1 is 0.504 bits per heavy atom. The Labute approximate surface area is 807 Å². The summed E-state index contributed by atoms with van der Waals surface area (Å²) in [5.41, 5.74) is 19.5. The average molecular weight is 1920 g/mol. The van der Waals surface area contributed by atoms with Gasteiger partial charge in [0.05, 0.1) is 68.7 Å². The number of nitrogens with one attached hydrogen (secondary N) is 6. The SMILES string of the molecule is Cc1ncsc1-c1ccc(CNC(=O)[C@@H]2C[C@@H](O)CN2C(=O)[C@@H](NC(=O)COCC(=O)CCCN2CC(Nc3cc(C(=O)CC[C@H](O)CN4CCc5ccccc5C4)ncn3)C2)C(C)(C)C)cc1.Cc1ncsc1-c1ccc(CNC(=O)[C@@H]2C[C@@H](O)CN2C(=O)[C@@H](NC(=O)COCC(=O)O)C(C)(C)C)cc1.NCCN1CC(Nc2cc(C(=O)CC[C@H](O)CN3CCc4ccccc4C3)ncn2)C1. The third-order valence-corrected chi connectivity index (χ3v) is 27.0. The molecular weight excluding hydrogens is 1790 g/mol. The van der Waals surface area contributed by atoms with Crippen LogP contribution >= 0.6 is 22.7 Å². The Kier molecular flexibility index (Phi) is 38.1. The molecule has 4 aromatic carbocycles. The van der Waals surface area contributed by atoms with Crippen molar-refractivity contribution in [3.8, 4) is 20.9 Å². The predicted octanol–water partition coefficient (Wildman–Crippen LogP) is 5.80. The molecule has 0 aliphatic carbocycles. The lowest BCUT2D eigenvalue weighted by atomic mass is 9.85. The number of fused-ring (bicyclic) bond motifs is 2. The molecule has 38 heteroatoms. The summed E-state index contributed by atoms with van der Waals surface area (Å²) >= 11 is 3.12. The van der Waals surface area contributed by atoms with Gasteiger partial charge < -0.3 is 82.4 Å². The number of thiazole rings is 2. The highest BCUT2D eigenvalue weighted by atomic mass is 32.1. The number of anilines is 2. The molecule has 8 atom stereocenters. The minimum Gasteiger partial charge on any atom is -0.480 e. The number of hydrogen-bond donors (Lipinski definition) is 12. The van der Waals surface area contributed by atoms with Crippen molar-refractivity contribution < 1.29 is 83.0 Å². The number of aliphatic hydroxyl groups is 4. The molecule has 4 fully saturated rings. The van der Waals surface area contributed by atoms with Crippen LogP contribution in [-0.2, 0) is 86.9 Å². The number of β-amino-alcohol motifs (C(OH)–C–C–N with tert-alkyl or cyclic N) is 4. The molecule has 0 spiro atoms. The van der Waals surface area contributed by atoms with Crippen LogP contribution in [0.4, 0.5) is 11.6 Å². The zero-order valence-electron chi connectivity index (χ0n) is 79.3. The highest BCUT2D eigenvalue weighted by molar-refractivity contribution is 7.13. The molecule has 6 amide bonds. The van der Waals surface area contributed by atoms with E-state index in [1.807, 2.05) is 68.4 Å². The molecule has 6 aliphatic rings. The second kappa shape index (κ2) is 49.9. The van der Waals surface area contributed by atoms with E-state index in [1.165, 1.54) is 44.7 Å². The summed E-state index contributed by atoms with van der Waals surface area (Å²) in [6, 6.07) is 32.4. The maximum atomic E-state index is 14.0. The van der Waals surface area contributed by atoms with Crippen LogP contribution in [0.5, 0.6) is 0 Å². The molecule has 8 aromatic rings. The lowest BCUT2D eigenvalue weighted by Gasteiger charge is -2.39. The van der Waals surface area contributed by atoms with Crippen molar-refractivity contribution >= 4 is 93.1 Å². The number of nitrogens with zero attached hydrogens (tertiary/aromatic N) is 12. The number of carboxylic acid groups (broad SMARTS) is 1. The first kappa shape index (κ1) is 105. The molecule has 736 valence electrons. The van der Waals surface area contributed by atoms with Crippen LogP contribution in [0.2, 0.25) is 0 Å². The number of aromatic nitrogens is 6. The van der Waals surface area contributed by atoms with Crippen molar-refractivity contribution in [2.45, 2.75) is 206 Å². The Bertz CT molecular complexity index is 5410. The first-order valence-electron chi connectivity index (χ1n) is 46.9. The molecular formula is C99H131N19O17S2. The zero-order chi connectivity index (χ0) is 98.0. The molecule has 6 aliphatic heterocycles. The van der Waals surface area contributed by atoms with E-state index in [-0.39, 0.29) is 88.3 Å². The number of carbonyl (C=O) groups is 10. The fraction of sp³-hybridized carbons (Fsp3) is 0.515. The number of hydrogen-bond acceptors (Lipinski definition) is 31. The van der Waals surface area contributed by atoms with Crippen molar-refractivity contribution in [2.24, 2.45) is 16.6 Å². The molecule has 0 radical (unpaired) electrons. The number of Topliss-reactive ketones (excluding diaryl/α,β-unsaturated/α-hetero) is 3. The van der Waals surface area contributed by atoms with Crippen LogP contribution in [-0.4, -0.2) is 316 Å². The summed E-state index contributed by atoms with van der Waals surface area (Å²) in [4.78, 5) is 167. The topological polar surface area (TPSA) is 485 Å². The Hall–Kier alpha value is -11.2. The number of nitrogens with two attached hydrogens (primary N) is 1. The van der Waals surface area contributed by atoms with Crippen LogP contribution in [0.3, 0.4) is 0 Å². The fourth-order valence-corrected chi connectivity index (χ4v) is 19.2. The Balaban J connectivity index is 0.000000205. The van der Waals surface area contributed by atoms with Crippen LogP contribution < -0.4 is 37.6 Å². The van der Waals surface area contributed by atoms with Gasteiger partial charge in [-0.1, -0.05) is 139 Å². The summed E-state index contributed by atoms with van der Waals surface area (Å²) in [5.74, 6) is -3.35. The number of aliphatic hydroxyl groups excluding tert-OH is 4. The van der Waals surface area contributed by atoms with Crippen molar-refractivity contribution in [3.63, 3.8) is 0 Å². The smallest absolute Gasteiger partial charge is 0.329 e. The second-order valence-corrected chi connectivity index (χ2v) is 39.9. The lowest BCUT2D eigenvalue weighted by Crippen LogP contribution is -2.58. The van der Waals surface area contributed by atoms with E-state index in [9.17, 15) is 68.4 Å². The third-order valence-electron chi connectivity index (χ3n) is 25.0. The number of aliphatic carboxylic acids is 1. The molecule has 0 saturated carbocycles. The number of ketones is 3. The van der Waals surface area contributed by atoms with Crippen LogP contribution in [0.15, 0.2) is 133 Å². The van der Waals surface area contributed by atoms with Gasteiger partial charge in [0.2, 0.25) is 35.4 Å². The van der Waals surface area contributed by atoms with Gasteiger partial charge in [-0.3, -0.25) is 62.8 Å². The summed E-state index contributed by atoms with van der Waals surface area (Å²) in [7, 11) is 0. The standard InChI is InChI=1S/C50H65N9O8S.C26H34N4O7S.C23H32N6O2/c1-32-46(68-31-54-32)35-13-11-33(12-14-35)22-51-48(65)42-20-40(62)27-59(42)49(66)47(50(2,3)4)56-45(64)29-67-28-39(61)10-7-18-57-24-37(25-57)55-44-21-41(52-30-53-44)43(63)16-15-38(60)26-58-19-17-34-8-5-6-9-36(34)23-58;1-15-22(38-14-28-15)17-7-5-16(6-8-17)10-27-24(35)19-9-18(31)11-30(19)25(36)23(26(2,3)4)29-20(32)12-37-13-21(33)34;24-8-10-29-13-19(14-29)27-23-11-21(25-16-26-23)22(31)6-5-20(30)15-28-9-7-17-3-1-2-4-18(17)12-28/h5-6,8-9,11-14,21,30-31,37-38,40,42,47,60,62H,7,10,15-20,22-29H2,1-4H3,(H,51,65)(H,56,64)(H,52,53,55);5-8,14,18-19,23,31H,9-13H2,1-4H3,(H,27,35)(H,29,32)(H,33,34);1-4,11,16,19-20,30H,5-10,12-15,24H2,(H,25,26,27)/t38-,40+,42-,47+;18-,19+,23-;20-/m010/s1. The van der Waals surface area contributed by atoms with E-state index < -0.39 is 121 Å². The molecule has 14 rings (SSSR count). The van der Waals surface area contributed by atoms with E-state index in [4.69, 9.17) is 20.3 Å². The van der Waals surface area contributed by atoms with E-state index in [0.29, 0.717) is 74.5 Å². The van der Waals surface area contributed by atoms with Crippen molar-refractivity contribution in [1.29, 1.82) is 0 Å². The zero-order valence-corrected chi connectivity index (χ0v) is 80.9. The van der Waals surface area contributed by atoms with E-state index >= 15 is 0 Å². The van der Waals surface area contributed by atoms with E-state index in [2.05, 4.69) is 124 Å². The van der Waals surface area contributed by atoms with Crippen molar-refractivity contribution in [2.75, 3.05) is 122 Å². The van der Waals surface area contributed by atoms with Gasteiger partial charge in [0.25, 0.3) is 0 Å². The quantitative estimate of drug-likeness (QED) is 0.0201. The fourth-order valence-electron chi connectivity index (χ4n) is 17.5. The summed E-state index contributed by atoms with van der Waals surface area (Å²) < 4.78 is 10.3. The van der Waals surface area contributed by atoms with Gasteiger partial charge in [-0.15, -0.1) is 22.7 Å². The summed E-state index contributed by atoms with van der Waals surface area (Å²) in [6.45, 7) is 23.3. The first-order chi connectivity index (χ1) is 65.6. The molecule has 10 heterocycles. The number of likely N-dealkylation sites (tertiary alicyclic amines) is 4. The number of benzene rings is 4. The summed E-state index contributed by atoms with van der Waals surface area (Å²) in [6.07, 6.45) is 4.12. The highest BCUT2D eigenvalue weighted by Crippen LogP contribution is 2.33. The maximum absolute atomic E-state index is 14.0. The third kappa shape index (κ3) is 31.1. The number of carbonyl (C=O) groups excluding carboxylic acids is 9. The largest absolute Gasteiger partial charge is 0.480 e. The first-order valence-corrected chi connectivity index (χ1v) is 48.6. The minimum absolute atomic E-state index is 0.0439. The highest BCUT2D eigenvalue weighted by Gasteiger charge is 2.47. The molecule has 0 bridgehead atoms. The molecule has 13 N–H and O–H groups in total. The van der Waals surface area contributed by atoms with Crippen LogP contribution in [0.1, 0.15) is 159 Å². The molecule has 36 nitrogen and oxygen atoms in total. The number of rotatable bonds is 42. The Morgan fingerprint density at radius 2 is 0.912 bits per heavy atom. The maximum Gasteiger partial charge on any atom is 0.329 e. The van der Waals surface area contributed by atoms with Gasteiger partial charge in [0, 0.05) is 149 Å².